The van der Waals surface area contributed by atoms with Gasteiger partial charge in [-0.1, -0.05) is 17.8 Å². The maximum Gasteiger partial charge on any atom is 0.344 e. The number of rotatable bonds is 6. The first kappa shape index (κ1) is 19.2. The molecule has 142 valence electrons. The Labute approximate surface area is 162 Å². The zero-order valence-electron chi connectivity index (χ0n) is 14.5. The molecule has 2 heterocycles. The van der Waals surface area contributed by atoms with Crippen molar-refractivity contribution >= 4 is 23.4 Å². The predicted molar refractivity (Wildman–Crippen MR) is 99.4 cm³/mol. The molecule has 0 saturated heterocycles. The van der Waals surface area contributed by atoms with E-state index in [1.54, 1.807) is 18.5 Å². The fourth-order valence-electron chi connectivity index (χ4n) is 2.28. The van der Waals surface area contributed by atoms with Crippen molar-refractivity contribution in [1.29, 1.82) is 0 Å². The van der Waals surface area contributed by atoms with Crippen molar-refractivity contribution in [2.24, 2.45) is 0 Å². The molecule has 1 aromatic carbocycles. The van der Waals surface area contributed by atoms with Crippen LogP contribution in [-0.2, 0) is 5.75 Å². The summed E-state index contributed by atoms with van der Waals surface area (Å²) in [5.41, 5.74) is -0.614. The van der Waals surface area contributed by atoms with Crippen LogP contribution < -0.4 is 10.2 Å². The summed E-state index contributed by atoms with van der Waals surface area (Å²) in [4.78, 5) is 43.0. The van der Waals surface area contributed by atoms with Crippen molar-refractivity contribution in [3.8, 4) is 5.75 Å². The molecule has 0 spiro atoms. The molecular formula is C18H13N3O6S. The molecule has 0 amide bonds. The maximum absolute atomic E-state index is 12.3. The molecule has 0 atom stereocenters. The summed E-state index contributed by atoms with van der Waals surface area (Å²) in [5.74, 6) is -0.514. The summed E-state index contributed by atoms with van der Waals surface area (Å²) in [5, 5.41) is 11.5. The molecule has 0 unspecified atom stereocenters. The lowest BCUT2D eigenvalue weighted by molar-refractivity contribution is -0.385. The Hall–Kier alpha value is -3.53. The lowest BCUT2D eigenvalue weighted by Gasteiger charge is -2.07. The lowest BCUT2D eigenvalue weighted by atomic mass is 10.1. The number of ether oxygens (including phenoxy) is 1. The number of nitrogens with zero attached hydrogens (tertiary/aromatic N) is 3. The van der Waals surface area contributed by atoms with Gasteiger partial charge in [0.1, 0.15) is 12.0 Å². The van der Waals surface area contributed by atoms with E-state index < -0.39 is 16.3 Å². The van der Waals surface area contributed by atoms with E-state index in [1.807, 2.05) is 0 Å². The van der Waals surface area contributed by atoms with Gasteiger partial charge in [0, 0.05) is 30.1 Å². The molecule has 2 aromatic heterocycles. The quantitative estimate of drug-likeness (QED) is 0.202. The van der Waals surface area contributed by atoms with Crippen molar-refractivity contribution in [2.75, 3.05) is 0 Å². The number of esters is 1. The number of hydrogen-bond donors (Lipinski definition) is 0. The lowest BCUT2D eigenvalue weighted by Crippen LogP contribution is -2.16. The van der Waals surface area contributed by atoms with Gasteiger partial charge in [-0.25, -0.2) is 14.8 Å². The minimum atomic E-state index is -0.881. The van der Waals surface area contributed by atoms with Crippen molar-refractivity contribution in [2.45, 2.75) is 17.8 Å². The van der Waals surface area contributed by atoms with Crippen LogP contribution >= 0.6 is 11.8 Å². The van der Waals surface area contributed by atoms with Crippen molar-refractivity contribution in [1.82, 2.24) is 9.97 Å². The van der Waals surface area contributed by atoms with E-state index in [9.17, 15) is 19.7 Å². The van der Waals surface area contributed by atoms with Crippen molar-refractivity contribution < 1.29 is 18.9 Å². The molecule has 10 heteroatoms. The van der Waals surface area contributed by atoms with Crippen LogP contribution in [0.2, 0.25) is 0 Å². The van der Waals surface area contributed by atoms with Gasteiger partial charge in [0.2, 0.25) is 11.2 Å². The molecule has 0 aliphatic rings. The molecule has 0 saturated carbocycles. The monoisotopic (exact) mass is 399 g/mol. The maximum atomic E-state index is 12.3. The molecule has 0 N–H and O–H groups in total. The van der Waals surface area contributed by atoms with Crippen LogP contribution in [0.1, 0.15) is 21.7 Å². The number of carbonyl (C=O) groups is 1. The summed E-state index contributed by atoms with van der Waals surface area (Å²) in [7, 11) is 0. The van der Waals surface area contributed by atoms with Crippen LogP contribution in [0.25, 0.3) is 0 Å². The van der Waals surface area contributed by atoms with Crippen LogP contribution in [0.15, 0.2) is 63.4 Å². The minimum absolute atomic E-state index is 0.00513. The van der Waals surface area contributed by atoms with Crippen LogP contribution in [-0.4, -0.2) is 20.9 Å². The first-order valence-corrected chi connectivity index (χ1v) is 8.92. The van der Waals surface area contributed by atoms with E-state index >= 15 is 0 Å². The fraction of sp³-hybridized carbons (Fsp3) is 0.111. The number of benzene rings is 1. The fourth-order valence-corrected chi connectivity index (χ4v) is 2.98. The summed E-state index contributed by atoms with van der Waals surface area (Å²) in [6, 6.07) is 6.94. The normalized spacial score (nSPS) is 10.5. The molecule has 0 bridgehead atoms. The highest BCUT2D eigenvalue weighted by molar-refractivity contribution is 7.98. The van der Waals surface area contributed by atoms with Gasteiger partial charge in [-0.05, 0) is 19.1 Å². The molecule has 9 nitrogen and oxygen atoms in total. The molecule has 0 aliphatic carbocycles. The summed E-state index contributed by atoms with van der Waals surface area (Å²) in [6.07, 6.45) is 4.24. The number of nitro groups is 1. The van der Waals surface area contributed by atoms with E-state index in [2.05, 4.69) is 9.97 Å². The average Bonchev–Trinajstić information content (AvgIpc) is 2.69. The SMILES string of the molecule is Cc1c(C(=O)Oc2coc(CSc3ncccn3)cc2=O)cccc1[N+](=O)[O-]. The van der Waals surface area contributed by atoms with Crippen LogP contribution in [0.4, 0.5) is 5.69 Å². The summed E-state index contributed by atoms with van der Waals surface area (Å²) < 4.78 is 10.4. The van der Waals surface area contributed by atoms with E-state index in [-0.39, 0.29) is 22.6 Å². The Balaban J connectivity index is 1.73. The second kappa shape index (κ2) is 8.44. The van der Waals surface area contributed by atoms with Gasteiger partial charge in [-0.15, -0.1) is 0 Å². The van der Waals surface area contributed by atoms with Crippen molar-refractivity contribution in [3.05, 3.63) is 86.2 Å². The van der Waals surface area contributed by atoms with Gasteiger partial charge in [-0.2, -0.15) is 0 Å². The predicted octanol–water partition coefficient (Wildman–Crippen LogP) is 3.16. The molecule has 3 aromatic rings. The van der Waals surface area contributed by atoms with Gasteiger partial charge in [-0.3, -0.25) is 14.9 Å². The zero-order chi connectivity index (χ0) is 20.1. The number of nitro benzene ring substituents is 1. The molecule has 0 radical (unpaired) electrons. The topological polar surface area (TPSA) is 125 Å². The number of hydrogen-bond acceptors (Lipinski definition) is 9. The first-order chi connectivity index (χ1) is 13.5. The third kappa shape index (κ3) is 4.41. The zero-order valence-corrected chi connectivity index (χ0v) is 15.3. The highest BCUT2D eigenvalue weighted by Crippen LogP contribution is 2.23. The highest BCUT2D eigenvalue weighted by Gasteiger charge is 2.20. The van der Waals surface area contributed by atoms with E-state index in [4.69, 9.17) is 9.15 Å². The Morgan fingerprint density at radius 2 is 2.04 bits per heavy atom. The molecule has 0 fully saturated rings. The second-order valence-corrected chi connectivity index (χ2v) is 6.43. The molecule has 3 rings (SSSR count). The van der Waals surface area contributed by atoms with Gasteiger partial charge in [0.05, 0.1) is 16.2 Å². The Morgan fingerprint density at radius 3 is 2.71 bits per heavy atom. The Morgan fingerprint density at radius 1 is 1.29 bits per heavy atom. The average molecular weight is 399 g/mol. The van der Waals surface area contributed by atoms with Gasteiger partial charge in [0.15, 0.2) is 5.16 Å². The third-order valence-corrected chi connectivity index (χ3v) is 4.56. The summed E-state index contributed by atoms with van der Waals surface area (Å²) in [6.45, 7) is 1.43. The number of thioether (sulfide) groups is 1. The highest BCUT2D eigenvalue weighted by atomic mass is 32.2. The molecule has 0 aliphatic heterocycles. The third-order valence-electron chi connectivity index (χ3n) is 3.66. The second-order valence-electron chi connectivity index (χ2n) is 5.49. The Kier molecular flexibility index (Phi) is 5.80. The summed E-state index contributed by atoms with van der Waals surface area (Å²) >= 11 is 1.28. The van der Waals surface area contributed by atoms with Gasteiger partial charge in [0.25, 0.3) is 5.69 Å². The molecular weight excluding hydrogens is 386 g/mol. The van der Waals surface area contributed by atoms with Crippen molar-refractivity contribution in [3.63, 3.8) is 0 Å². The minimum Gasteiger partial charge on any atom is -0.464 e. The van der Waals surface area contributed by atoms with E-state index in [0.717, 1.165) is 6.26 Å². The van der Waals surface area contributed by atoms with Crippen LogP contribution in [0.5, 0.6) is 5.75 Å². The smallest absolute Gasteiger partial charge is 0.344 e. The largest absolute Gasteiger partial charge is 0.464 e. The molecule has 28 heavy (non-hydrogen) atoms. The number of aromatic nitrogens is 2. The Bertz CT molecular complexity index is 1080. The van der Waals surface area contributed by atoms with Gasteiger partial charge >= 0.3 is 5.97 Å². The van der Waals surface area contributed by atoms with Gasteiger partial charge < -0.3 is 9.15 Å². The van der Waals surface area contributed by atoms with Crippen LogP contribution in [0, 0.1) is 17.0 Å². The first-order valence-electron chi connectivity index (χ1n) is 7.93. The van der Waals surface area contributed by atoms with Crippen LogP contribution in [0.3, 0.4) is 0 Å². The van der Waals surface area contributed by atoms with E-state index in [1.165, 1.54) is 43.0 Å². The number of carbonyl (C=O) groups excluding carboxylic acids is 1. The standard InChI is InChI=1S/C18H13N3O6S/c1-11-13(4-2-5-14(11)21(24)25)17(23)27-16-9-26-12(8-15(16)22)10-28-18-19-6-3-7-20-18/h2-9H,10H2,1H3. The van der Waals surface area contributed by atoms with E-state index in [0.29, 0.717) is 16.7 Å².